The lowest BCUT2D eigenvalue weighted by Crippen LogP contribution is -2.36. The molecule has 1 aliphatic rings. The minimum atomic E-state index is -4.44. The summed E-state index contributed by atoms with van der Waals surface area (Å²) in [5.41, 5.74) is -0.574. The van der Waals surface area contributed by atoms with Crippen molar-refractivity contribution in [2.75, 3.05) is 0 Å². The lowest BCUT2D eigenvalue weighted by molar-refractivity contribution is -0.137. The minimum absolute atomic E-state index is 0.0262. The fourth-order valence-electron chi connectivity index (χ4n) is 2.43. The molecular weight excluding hydrogens is 323 g/mol. The molecule has 1 aromatic carbocycles. The van der Waals surface area contributed by atoms with Gasteiger partial charge in [0.25, 0.3) is 0 Å². The molecule has 1 aliphatic carbocycles. The van der Waals surface area contributed by atoms with Crippen molar-refractivity contribution in [1.82, 2.24) is 15.5 Å². The Hall–Kier alpha value is -2.38. The number of nitrogens with one attached hydrogen (secondary N) is 1. The van der Waals surface area contributed by atoms with E-state index < -0.39 is 17.8 Å². The van der Waals surface area contributed by atoms with Crippen LogP contribution in [0, 0.1) is 5.92 Å². The molecule has 128 valence electrons. The van der Waals surface area contributed by atoms with E-state index in [1.165, 1.54) is 12.1 Å². The van der Waals surface area contributed by atoms with Crippen LogP contribution in [-0.4, -0.2) is 16.0 Å². The second-order valence-electron chi connectivity index (χ2n) is 5.89. The van der Waals surface area contributed by atoms with E-state index in [-0.39, 0.29) is 29.1 Å². The number of carbonyl (C=O) groups excluding carboxylic acids is 1. The molecule has 8 heteroatoms. The Kier molecular flexibility index (Phi) is 4.29. The molecule has 0 radical (unpaired) electrons. The van der Waals surface area contributed by atoms with Gasteiger partial charge in [-0.3, -0.25) is 4.79 Å². The maximum absolute atomic E-state index is 12.8. The second-order valence-corrected chi connectivity index (χ2v) is 5.89. The summed E-state index contributed by atoms with van der Waals surface area (Å²) in [6, 6.07) is 4.21. The Morgan fingerprint density at radius 2 is 2.12 bits per heavy atom. The van der Waals surface area contributed by atoms with Crippen molar-refractivity contribution in [3.63, 3.8) is 0 Å². The van der Waals surface area contributed by atoms with Crippen molar-refractivity contribution in [1.29, 1.82) is 0 Å². The van der Waals surface area contributed by atoms with Crippen molar-refractivity contribution >= 4 is 5.91 Å². The largest absolute Gasteiger partial charge is 0.416 e. The smallest absolute Gasteiger partial charge is 0.344 e. The highest BCUT2D eigenvalue weighted by atomic mass is 19.4. The maximum Gasteiger partial charge on any atom is 0.416 e. The first-order chi connectivity index (χ1) is 11.3. The van der Waals surface area contributed by atoms with Crippen molar-refractivity contribution in [2.24, 2.45) is 5.92 Å². The van der Waals surface area contributed by atoms with Gasteiger partial charge < -0.3 is 9.84 Å². The van der Waals surface area contributed by atoms with E-state index in [2.05, 4.69) is 15.5 Å². The summed E-state index contributed by atoms with van der Waals surface area (Å²) in [5.74, 6) is 0.182. The van der Waals surface area contributed by atoms with E-state index in [0.29, 0.717) is 0 Å². The van der Waals surface area contributed by atoms with Crippen LogP contribution in [0.5, 0.6) is 0 Å². The molecule has 1 aromatic heterocycles. The molecule has 1 fully saturated rings. The van der Waals surface area contributed by atoms with Gasteiger partial charge in [0.2, 0.25) is 17.6 Å². The second kappa shape index (κ2) is 6.26. The molecule has 0 aliphatic heterocycles. The third kappa shape index (κ3) is 3.42. The molecule has 1 N–H and O–H groups in total. The molecule has 1 saturated carbocycles. The van der Waals surface area contributed by atoms with E-state index in [1.54, 1.807) is 6.92 Å². The van der Waals surface area contributed by atoms with Crippen molar-refractivity contribution in [3.8, 4) is 11.4 Å². The monoisotopic (exact) mass is 339 g/mol. The highest BCUT2D eigenvalue weighted by Crippen LogP contribution is 2.32. The first kappa shape index (κ1) is 16.5. The van der Waals surface area contributed by atoms with E-state index >= 15 is 0 Å². The van der Waals surface area contributed by atoms with Crippen LogP contribution in [0.1, 0.15) is 43.7 Å². The minimum Gasteiger partial charge on any atom is -0.344 e. The summed E-state index contributed by atoms with van der Waals surface area (Å²) in [6.07, 6.45) is -1.64. The number of hydrogen-bond donors (Lipinski definition) is 1. The zero-order valence-electron chi connectivity index (χ0n) is 12.9. The van der Waals surface area contributed by atoms with Crippen LogP contribution in [0.3, 0.4) is 0 Å². The fraction of sp³-hybridized carbons (Fsp3) is 0.438. The lowest BCUT2D eigenvalue weighted by Gasteiger charge is -2.25. The third-order valence-electron chi connectivity index (χ3n) is 4.09. The van der Waals surface area contributed by atoms with Crippen LogP contribution >= 0.6 is 0 Å². The third-order valence-corrected chi connectivity index (χ3v) is 4.09. The molecular formula is C16H16F3N3O2. The van der Waals surface area contributed by atoms with Gasteiger partial charge >= 0.3 is 6.18 Å². The summed E-state index contributed by atoms with van der Waals surface area (Å²) in [6.45, 7) is 1.69. The molecule has 0 saturated heterocycles. The number of benzene rings is 1. The number of rotatable bonds is 4. The normalized spacial score (nSPS) is 16.5. The molecule has 1 amide bonds. The van der Waals surface area contributed by atoms with Gasteiger partial charge in [-0.05, 0) is 31.9 Å². The zero-order chi connectivity index (χ0) is 17.3. The lowest BCUT2D eigenvalue weighted by atomic mass is 9.84. The number of carbonyl (C=O) groups is 1. The predicted molar refractivity (Wildman–Crippen MR) is 78.6 cm³/mol. The van der Waals surface area contributed by atoms with Gasteiger partial charge in [-0.25, -0.2) is 0 Å². The van der Waals surface area contributed by atoms with Gasteiger partial charge in [-0.15, -0.1) is 0 Å². The topological polar surface area (TPSA) is 68.0 Å². The van der Waals surface area contributed by atoms with Crippen molar-refractivity contribution < 1.29 is 22.5 Å². The van der Waals surface area contributed by atoms with E-state index in [4.69, 9.17) is 4.52 Å². The summed E-state index contributed by atoms with van der Waals surface area (Å²) < 4.78 is 43.4. The Morgan fingerprint density at radius 3 is 2.75 bits per heavy atom. The number of amides is 1. The molecule has 2 aromatic rings. The number of halogens is 3. The van der Waals surface area contributed by atoms with Crippen LogP contribution in [0.25, 0.3) is 11.4 Å². The highest BCUT2D eigenvalue weighted by molar-refractivity contribution is 5.79. The van der Waals surface area contributed by atoms with Crippen molar-refractivity contribution in [3.05, 3.63) is 35.7 Å². The van der Waals surface area contributed by atoms with E-state index in [9.17, 15) is 18.0 Å². The summed E-state index contributed by atoms with van der Waals surface area (Å²) >= 11 is 0. The molecule has 24 heavy (non-hydrogen) atoms. The van der Waals surface area contributed by atoms with Crippen LogP contribution in [0.4, 0.5) is 13.2 Å². The molecule has 1 heterocycles. The Bertz CT molecular complexity index is 738. The van der Waals surface area contributed by atoms with E-state index in [1.807, 2.05) is 0 Å². The van der Waals surface area contributed by atoms with Crippen LogP contribution in [0.15, 0.2) is 28.8 Å². The fourth-order valence-corrected chi connectivity index (χ4v) is 2.43. The van der Waals surface area contributed by atoms with Crippen LogP contribution < -0.4 is 5.32 Å². The quantitative estimate of drug-likeness (QED) is 0.921. The molecule has 0 unspecified atom stereocenters. The SMILES string of the molecule is C[C@@H](NC(=O)C1CCC1)c1nc(-c2cccc(C(F)(F)F)c2)no1. The predicted octanol–water partition coefficient (Wildman–Crippen LogP) is 3.73. The van der Waals surface area contributed by atoms with Crippen LogP contribution in [-0.2, 0) is 11.0 Å². The van der Waals surface area contributed by atoms with Gasteiger partial charge in [0.15, 0.2) is 0 Å². The average molecular weight is 339 g/mol. The number of nitrogens with zero attached hydrogens (tertiary/aromatic N) is 2. The molecule has 0 spiro atoms. The molecule has 5 nitrogen and oxygen atoms in total. The highest BCUT2D eigenvalue weighted by Gasteiger charge is 2.31. The number of hydrogen-bond acceptors (Lipinski definition) is 4. The number of alkyl halides is 3. The average Bonchev–Trinajstić information content (AvgIpc) is 2.94. The summed E-state index contributed by atoms with van der Waals surface area (Å²) in [5, 5.41) is 6.50. The summed E-state index contributed by atoms with van der Waals surface area (Å²) in [4.78, 5) is 16.0. The Morgan fingerprint density at radius 1 is 1.38 bits per heavy atom. The Labute approximate surface area is 136 Å². The number of aromatic nitrogens is 2. The van der Waals surface area contributed by atoms with Gasteiger partial charge in [-0.2, -0.15) is 18.2 Å². The van der Waals surface area contributed by atoms with Gasteiger partial charge in [0, 0.05) is 11.5 Å². The standard InChI is InChI=1S/C16H16F3N3O2/c1-9(20-14(23)10-4-2-5-10)15-21-13(22-24-15)11-6-3-7-12(8-11)16(17,18)19/h3,6-10H,2,4-5H2,1H3,(H,20,23)/t9-/m1/s1. The van der Waals surface area contributed by atoms with Crippen LogP contribution in [0.2, 0.25) is 0 Å². The van der Waals surface area contributed by atoms with Gasteiger partial charge in [-0.1, -0.05) is 23.7 Å². The first-order valence-corrected chi connectivity index (χ1v) is 7.66. The zero-order valence-corrected chi connectivity index (χ0v) is 12.9. The van der Waals surface area contributed by atoms with E-state index in [0.717, 1.165) is 31.4 Å². The van der Waals surface area contributed by atoms with Gasteiger partial charge in [0.1, 0.15) is 6.04 Å². The maximum atomic E-state index is 12.8. The van der Waals surface area contributed by atoms with Crippen molar-refractivity contribution in [2.45, 2.75) is 38.4 Å². The first-order valence-electron chi connectivity index (χ1n) is 7.66. The molecule has 1 atom stereocenters. The Balaban J connectivity index is 1.74. The molecule has 3 rings (SSSR count). The van der Waals surface area contributed by atoms with Gasteiger partial charge in [0.05, 0.1) is 5.56 Å². The molecule has 0 bridgehead atoms. The summed E-state index contributed by atoms with van der Waals surface area (Å²) in [7, 11) is 0.